The largest absolute Gasteiger partial charge is 0.497 e. The Bertz CT molecular complexity index is 503. The fourth-order valence-corrected chi connectivity index (χ4v) is 2.10. The maximum Gasteiger partial charge on any atom is 0.220 e. The number of hydrogen-bond acceptors (Lipinski definition) is 4. The average molecular weight is 350 g/mol. The third kappa shape index (κ3) is 10.4. The van der Waals surface area contributed by atoms with Crippen molar-refractivity contribution in [1.82, 2.24) is 10.6 Å². The normalized spacial score (nSPS) is 10.3. The molecule has 0 bridgehead atoms. The van der Waals surface area contributed by atoms with Crippen molar-refractivity contribution in [3.8, 4) is 5.75 Å². The molecule has 25 heavy (non-hydrogen) atoms. The molecule has 2 amide bonds. The number of nitrogens with one attached hydrogen (secondary N) is 2. The highest BCUT2D eigenvalue weighted by molar-refractivity contribution is 5.83. The summed E-state index contributed by atoms with van der Waals surface area (Å²) in [6.45, 7) is 4.58. The highest BCUT2D eigenvalue weighted by Crippen LogP contribution is 2.10. The number of hydrogen-bond donors (Lipinski definition) is 2. The second-order valence-electron chi connectivity index (χ2n) is 5.79. The fourth-order valence-electron chi connectivity index (χ4n) is 2.10. The van der Waals surface area contributed by atoms with Gasteiger partial charge in [0.25, 0.3) is 0 Å². The van der Waals surface area contributed by atoms with Crippen LogP contribution in [0.1, 0.15) is 44.6 Å². The van der Waals surface area contributed by atoms with E-state index in [4.69, 9.17) is 9.47 Å². The van der Waals surface area contributed by atoms with Gasteiger partial charge >= 0.3 is 0 Å². The summed E-state index contributed by atoms with van der Waals surface area (Å²) in [4.78, 5) is 23.5. The molecule has 1 aromatic rings. The van der Waals surface area contributed by atoms with E-state index in [-0.39, 0.29) is 24.7 Å². The minimum atomic E-state index is -0.131. The van der Waals surface area contributed by atoms with Crippen LogP contribution in [0.5, 0.6) is 5.75 Å². The van der Waals surface area contributed by atoms with Crippen molar-refractivity contribution >= 4 is 11.8 Å². The summed E-state index contributed by atoms with van der Waals surface area (Å²) in [5.74, 6) is 0.546. The number of unbranched alkanes of at least 4 members (excludes halogenated alkanes) is 1. The topological polar surface area (TPSA) is 76.7 Å². The van der Waals surface area contributed by atoms with Crippen LogP contribution in [0.4, 0.5) is 0 Å². The lowest BCUT2D eigenvalue weighted by Gasteiger charge is -2.07. The third-order valence-corrected chi connectivity index (χ3v) is 3.66. The Balaban J connectivity index is 2.05. The molecule has 0 aromatic heterocycles. The molecule has 6 heteroatoms. The van der Waals surface area contributed by atoms with Crippen LogP contribution in [0.3, 0.4) is 0 Å². The third-order valence-electron chi connectivity index (χ3n) is 3.66. The fraction of sp³-hybridized carbons (Fsp3) is 0.579. The standard InChI is InChI=1S/C19H30N2O4/c1-3-4-13-25-14-5-12-20-18(22)10-11-19(23)21-15-16-6-8-17(24-2)9-7-16/h6-9H,3-5,10-15H2,1-2H3,(H,20,22)(H,21,23). The summed E-state index contributed by atoms with van der Waals surface area (Å²) in [5.41, 5.74) is 0.988. The smallest absolute Gasteiger partial charge is 0.220 e. The van der Waals surface area contributed by atoms with Crippen molar-refractivity contribution < 1.29 is 19.1 Å². The number of carbonyl (C=O) groups excluding carboxylic acids is 2. The minimum Gasteiger partial charge on any atom is -0.497 e. The highest BCUT2D eigenvalue weighted by atomic mass is 16.5. The van der Waals surface area contributed by atoms with Gasteiger partial charge in [-0.05, 0) is 30.5 Å². The Morgan fingerprint density at radius 2 is 1.60 bits per heavy atom. The van der Waals surface area contributed by atoms with Crippen LogP contribution in [-0.2, 0) is 20.9 Å². The van der Waals surface area contributed by atoms with Gasteiger partial charge in [0.2, 0.25) is 11.8 Å². The highest BCUT2D eigenvalue weighted by Gasteiger charge is 2.06. The Labute approximate surface area is 150 Å². The molecule has 0 heterocycles. The number of amides is 2. The Morgan fingerprint density at radius 1 is 0.960 bits per heavy atom. The van der Waals surface area contributed by atoms with Crippen LogP contribution >= 0.6 is 0 Å². The molecule has 0 aliphatic rings. The molecule has 0 aliphatic heterocycles. The van der Waals surface area contributed by atoms with Gasteiger partial charge in [0, 0.05) is 39.1 Å². The number of rotatable bonds is 13. The molecule has 0 unspecified atom stereocenters. The minimum absolute atomic E-state index is 0.104. The summed E-state index contributed by atoms with van der Waals surface area (Å²) in [6, 6.07) is 7.49. The van der Waals surface area contributed by atoms with Crippen LogP contribution in [0.15, 0.2) is 24.3 Å². The van der Waals surface area contributed by atoms with Crippen molar-refractivity contribution in [1.29, 1.82) is 0 Å². The van der Waals surface area contributed by atoms with E-state index in [2.05, 4.69) is 17.6 Å². The lowest BCUT2D eigenvalue weighted by molar-refractivity contribution is -0.126. The zero-order valence-electron chi connectivity index (χ0n) is 15.3. The Morgan fingerprint density at radius 3 is 2.24 bits per heavy atom. The second kappa shape index (κ2) is 13.2. The zero-order chi connectivity index (χ0) is 18.3. The van der Waals surface area contributed by atoms with Crippen LogP contribution in [0, 0.1) is 0 Å². The maximum atomic E-state index is 11.8. The van der Waals surface area contributed by atoms with Gasteiger partial charge in [0.05, 0.1) is 7.11 Å². The first-order valence-electron chi connectivity index (χ1n) is 8.89. The van der Waals surface area contributed by atoms with Gasteiger partial charge in [-0.15, -0.1) is 0 Å². The van der Waals surface area contributed by atoms with E-state index in [1.807, 2.05) is 24.3 Å². The predicted molar refractivity (Wildman–Crippen MR) is 97.4 cm³/mol. The summed E-state index contributed by atoms with van der Waals surface area (Å²) in [6.07, 6.45) is 3.37. The first-order valence-corrected chi connectivity index (χ1v) is 8.89. The van der Waals surface area contributed by atoms with Gasteiger partial charge in [-0.3, -0.25) is 9.59 Å². The first kappa shape index (κ1) is 21.0. The molecule has 0 fully saturated rings. The molecule has 0 aliphatic carbocycles. The van der Waals surface area contributed by atoms with Gasteiger partial charge in [0.1, 0.15) is 5.75 Å². The van der Waals surface area contributed by atoms with E-state index >= 15 is 0 Å². The van der Waals surface area contributed by atoms with Gasteiger partial charge in [-0.25, -0.2) is 0 Å². The first-order chi connectivity index (χ1) is 12.2. The number of carbonyl (C=O) groups is 2. The predicted octanol–water partition coefficient (Wildman–Crippen LogP) is 2.41. The summed E-state index contributed by atoms with van der Waals surface area (Å²) >= 11 is 0. The van der Waals surface area contributed by atoms with Crippen molar-refractivity contribution in [2.75, 3.05) is 26.9 Å². The molecule has 1 aromatic carbocycles. The number of ether oxygens (including phenoxy) is 2. The summed E-state index contributed by atoms with van der Waals surface area (Å²) in [7, 11) is 1.61. The lowest BCUT2D eigenvalue weighted by atomic mass is 10.2. The van der Waals surface area contributed by atoms with E-state index in [9.17, 15) is 9.59 Å². The molecule has 1 rings (SSSR count). The molecule has 0 spiro atoms. The van der Waals surface area contributed by atoms with E-state index in [1.54, 1.807) is 7.11 Å². The van der Waals surface area contributed by atoms with Gasteiger partial charge in [0.15, 0.2) is 0 Å². The molecule has 2 N–H and O–H groups in total. The number of methoxy groups -OCH3 is 1. The second-order valence-corrected chi connectivity index (χ2v) is 5.79. The summed E-state index contributed by atoms with van der Waals surface area (Å²) < 4.78 is 10.5. The summed E-state index contributed by atoms with van der Waals surface area (Å²) in [5, 5.41) is 5.61. The van der Waals surface area contributed by atoms with Gasteiger partial charge < -0.3 is 20.1 Å². The molecule has 6 nitrogen and oxygen atoms in total. The lowest BCUT2D eigenvalue weighted by Crippen LogP contribution is -2.28. The molecular weight excluding hydrogens is 320 g/mol. The average Bonchev–Trinajstić information content (AvgIpc) is 2.64. The molecule has 0 radical (unpaired) electrons. The molecule has 0 saturated heterocycles. The van der Waals surface area contributed by atoms with Gasteiger partial charge in [-0.1, -0.05) is 25.5 Å². The van der Waals surface area contributed by atoms with Crippen LogP contribution in [-0.4, -0.2) is 38.7 Å². The zero-order valence-corrected chi connectivity index (χ0v) is 15.3. The van der Waals surface area contributed by atoms with Gasteiger partial charge in [-0.2, -0.15) is 0 Å². The maximum absolute atomic E-state index is 11.8. The molecule has 0 atom stereocenters. The van der Waals surface area contributed by atoms with Crippen molar-refractivity contribution in [3.63, 3.8) is 0 Å². The Kier molecular flexibility index (Phi) is 11.1. The Hall–Kier alpha value is -2.08. The van der Waals surface area contributed by atoms with Crippen molar-refractivity contribution in [3.05, 3.63) is 29.8 Å². The van der Waals surface area contributed by atoms with E-state index < -0.39 is 0 Å². The SMILES string of the molecule is CCCCOCCCNC(=O)CCC(=O)NCc1ccc(OC)cc1. The molecule has 0 saturated carbocycles. The van der Waals surface area contributed by atoms with E-state index in [1.165, 1.54) is 0 Å². The van der Waals surface area contributed by atoms with E-state index in [0.717, 1.165) is 37.2 Å². The monoisotopic (exact) mass is 350 g/mol. The van der Waals surface area contributed by atoms with Crippen LogP contribution in [0.2, 0.25) is 0 Å². The van der Waals surface area contributed by atoms with Crippen LogP contribution in [0.25, 0.3) is 0 Å². The van der Waals surface area contributed by atoms with E-state index in [0.29, 0.717) is 19.7 Å². The quantitative estimate of drug-likeness (QED) is 0.536. The van der Waals surface area contributed by atoms with Crippen molar-refractivity contribution in [2.24, 2.45) is 0 Å². The van der Waals surface area contributed by atoms with Crippen LogP contribution < -0.4 is 15.4 Å². The molecule has 140 valence electrons. The van der Waals surface area contributed by atoms with Crippen molar-refractivity contribution in [2.45, 2.75) is 45.6 Å². The number of benzene rings is 1. The molecular formula is C19H30N2O4.